The summed E-state index contributed by atoms with van der Waals surface area (Å²) in [5, 5.41) is 14.3. The van der Waals surface area contributed by atoms with Gasteiger partial charge in [-0.05, 0) is 25.7 Å². The number of amides is 1. The van der Waals surface area contributed by atoms with E-state index >= 15 is 0 Å². The van der Waals surface area contributed by atoms with Crippen molar-refractivity contribution in [2.24, 2.45) is 0 Å². The number of carbonyl (C=O) groups is 1. The lowest BCUT2D eigenvalue weighted by Crippen LogP contribution is -2.72. The minimum absolute atomic E-state index is 0.208. The quantitative estimate of drug-likeness (QED) is 0.529. The Morgan fingerprint density at radius 3 is 1.90 bits per heavy atom. The minimum Gasteiger partial charge on any atom is -0.295 e. The molecule has 1 aliphatic rings. The molecular weight excluding hydrogens is 252 g/mol. The van der Waals surface area contributed by atoms with E-state index in [4.69, 9.17) is 0 Å². The standard InChI is InChI=1S/C16H24N2O2/c1-5-9-15(10-6-2)13-18(20)14(19)16(17-15,11-7-3)12-8-4/h5-8,17,20H,1-4,9-13H2. The number of piperazine rings is 1. The molecule has 4 nitrogen and oxygen atoms in total. The van der Waals surface area contributed by atoms with Crippen LogP contribution in [0.15, 0.2) is 50.6 Å². The van der Waals surface area contributed by atoms with E-state index in [0.717, 1.165) is 5.06 Å². The van der Waals surface area contributed by atoms with Crippen molar-refractivity contribution < 1.29 is 10.0 Å². The highest BCUT2D eigenvalue weighted by molar-refractivity contribution is 5.87. The third-order valence-corrected chi connectivity index (χ3v) is 3.66. The molecule has 0 spiro atoms. The van der Waals surface area contributed by atoms with Gasteiger partial charge in [-0.1, -0.05) is 24.3 Å². The molecule has 0 unspecified atom stereocenters. The van der Waals surface area contributed by atoms with Gasteiger partial charge in [0.2, 0.25) is 0 Å². The summed E-state index contributed by atoms with van der Waals surface area (Å²) >= 11 is 0. The van der Waals surface area contributed by atoms with Crippen LogP contribution in [0.4, 0.5) is 0 Å². The third-order valence-electron chi connectivity index (χ3n) is 3.66. The summed E-state index contributed by atoms with van der Waals surface area (Å²) in [6.45, 7) is 15.2. The molecule has 1 saturated heterocycles. The number of rotatable bonds is 8. The van der Waals surface area contributed by atoms with Gasteiger partial charge in [0.15, 0.2) is 0 Å². The van der Waals surface area contributed by atoms with Crippen LogP contribution in [-0.2, 0) is 4.79 Å². The number of hydrogen-bond acceptors (Lipinski definition) is 3. The van der Waals surface area contributed by atoms with Crippen LogP contribution in [0, 0.1) is 0 Å². The Balaban J connectivity index is 3.22. The second kappa shape index (κ2) is 6.68. The first-order valence-electron chi connectivity index (χ1n) is 6.73. The number of hydroxylamine groups is 2. The molecule has 110 valence electrons. The topological polar surface area (TPSA) is 52.6 Å². The molecule has 20 heavy (non-hydrogen) atoms. The Kier molecular flexibility index (Phi) is 5.48. The van der Waals surface area contributed by atoms with Crippen molar-refractivity contribution in [2.45, 2.75) is 36.8 Å². The van der Waals surface area contributed by atoms with Gasteiger partial charge in [-0.15, -0.1) is 26.3 Å². The summed E-state index contributed by atoms with van der Waals surface area (Å²) in [6, 6.07) is 0. The first-order chi connectivity index (χ1) is 9.49. The molecule has 1 fully saturated rings. The Hall–Kier alpha value is -1.65. The van der Waals surface area contributed by atoms with E-state index < -0.39 is 11.1 Å². The lowest BCUT2D eigenvalue weighted by Gasteiger charge is -2.50. The van der Waals surface area contributed by atoms with Crippen molar-refractivity contribution in [3.8, 4) is 0 Å². The molecule has 0 aromatic heterocycles. The van der Waals surface area contributed by atoms with Crippen LogP contribution in [-0.4, -0.2) is 33.8 Å². The Bertz CT molecular complexity index is 395. The van der Waals surface area contributed by atoms with Gasteiger partial charge in [0.05, 0.1) is 6.54 Å². The first-order valence-corrected chi connectivity index (χ1v) is 6.73. The summed E-state index contributed by atoms with van der Waals surface area (Å²) in [5.41, 5.74) is -1.36. The van der Waals surface area contributed by atoms with E-state index in [1.807, 2.05) is 0 Å². The predicted molar refractivity (Wildman–Crippen MR) is 81.4 cm³/mol. The summed E-state index contributed by atoms with van der Waals surface area (Å²) in [4.78, 5) is 12.4. The fourth-order valence-electron chi connectivity index (χ4n) is 2.93. The average molecular weight is 276 g/mol. The van der Waals surface area contributed by atoms with E-state index in [2.05, 4.69) is 31.6 Å². The first kappa shape index (κ1) is 16.4. The zero-order chi connectivity index (χ0) is 15.2. The van der Waals surface area contributed by atoms with Gasteiger partial charge < -0.3 is 0 Å². The molecule has 1 amide bonds. The molecule has 0 aliphatic carbocycles. The summed E-state index contributed by atoms with van der Waals surface area (Å²) in [7, 11) is 0. The number of carbonyl (C=O) groups excluding carboxylic acids is 1. The average Bonchev–Trinajstić information content (AvgIpc) is 2.37. The van der Waals surface area contributed by atoms with Crippen LogP contribution in [0.1, 0.15) is 25.7 Å². The molecule has 4 heteroatoms. The molecule has 0 bridgehead atoms. The van der Waals surface area contributed by atoms with Crippen LogP contribution in [0.5, 0.6) is 0 Å². The Morgan fingerprint density at radius 1 is 1.05 bits per heavy atom. The van der Waals surface area contributed by atoms with E-state index in [0.29, 0.717) is 25.7 Å². The van der Waals surface area contributed by atoms with Crippen molar-refractivity contribution in [3.05, 3.63) is 50.6 Å². The molecule has 0 atom stereocenters. The van der Waals surface area contributed by atoms with Gasteiger partial charge in [-0.3, -0.25) is 15.3 Å². The molecule has 0 radical (unpaired) electrons. The fraction of sp³-hybridized carbons (Fsp3) is 0.438. The lowest BCUT2D eigenvalue weighted by atomic mass is 9.79. The molecule has 0 aromatic carbocycles. The second-order valence-corrected chi connectivity index (χ2v) is 5.32. The SMILES string of the molecule is C=CCC1(CC=C)CN(O)C(=O)C(CC=C)(CC=C)N1. The zero-order valence-corrected chi connectivity index (χ0v) is 12.0. The molecule has 0 aromatic rings. The maximum atomic E-state index is 12.4. The molecule has 1 rings (SSSR count). The van der Waals surface area contributed by atoms with E-state index in [1.54, 1.807) is 24.3 Å². The molecule has 1 aliphatic heterocycles. The van der Waals surface area contributed by atoms with Gasteiger partial charge in [0.1, 0.15) is 5.54 Å². The van der Waals surface area contributed by atoms with Crippen LogP contribution in [0.2, 0.25) is 0 Å². The van der Waals surface area contributed by atoms with Crippen LogP contribution < -0.4 is 5.32 Å². The summed E-state index contributed by atoms with van der Waals surface area (Å²) in [6.07, 6.45) is 9.02. The van der Waals surface area contributed by atoms with E-state index in [1.165, 1.54) is 0 Å². The normalized spacial score (nSPS) is 20.2. The second-order valence-electron chi connectivity index (χ2n) is 5.32. The monoisotopic (exact) mass is 276 g/mol. The van der Waals surface area contributed by atoms with Crippen molar-refractivity contribution >= 4 is 5.91 Å². The maximum absolute atomic E-state index is 12.4. The minimum atomic E-state index is -0.900. The third kappa shape index (κ3) is 3.08. The van der Waals surface area contributed by atoms with Gasteiger partial charge >= 0.3 is 0 Å². The van der Waals surface area contributed by atoms with Crippen LogP contribution >= 0.6 is 0 Å². The maximum Gasteiger partial charge on any atom is 0.266 e. The largest absolute Gasteiger partial charge is 0.295 e. The van der Waals surface area contributed by atoms with Gasteiger partial charge in [-0.25, -0.2) is 5.06 Å². The van der Waals surface area contributed by atoms with E-state index in [-0.39, 0.29) is 12.5 Å². The zero-order valence-electron chi connectivity index (χ0n) is 12.0. The summed E-state index contributed by atoms with van der Waals surface area (Å²) < 4.78 is 0. The van der Waals surface area contributed by atoms with Crippen molar-refractivity contribution in [2.75, 3.05) is 6.54 Å². The van der Waals surface area contributed by atoms with Crippen molar-refractivity contribution in [1.29, 1.82) is 0 Å². The van der Waals surface area contributed by atoms with Crippen molar-refractivity contribution in [3.63, 3.8) is 0 Å². The lowest BCUT2D eigenvalue weighted by molar-refractivity contribution is -0.188. The summed E-state index contributed by atoms with van der Waals surface area (Å²) in [5.74, 6) is -0.346. The van der Waals surface area contributed by atoms with Crippen LogP contribution in [0.3, 0.4) is 0 Å². The molecular formula is C16H24N2O2. The number of nitrogens with zero attached hydrogens (tertiary/aromatic N) is 1. The van der Waals surface area contributed by atoms with Gasteiger partial charge in [-0.2, -0.15) is 0 Å². The Morgan fingerprint density at radius 2 is 1.50 bits per heavy atom. The molecule has 0 saturated carbocycles. The van der Waals surface area contributed by atoms with E-state index in [9.17, 15) is 10.0 Å². The van der Waals surface area contributed by atoms with Crippen LogP contribution in [0.25, 0.3) is 0 Å². The predicted octanol–water partition coefficient (Wildman–Crippen LogP) is 2.59. The molecule has 1 heterocycles. The number of hydrogen-bond donors (Lipinski definition) is 2. The highest BCUT2D eigenvalue weighted by Crippen LogP contribution is 2.32. The van der Waals surface area contributed by atoms with Gasteiger partial charge in [0.25, 0.3) is 5.91 Å². The fourth-order valence-corrected chi connectivity index (χ4v) is 2.93. The Labute approximate surface area is 121 Å². The molecule has 2 N–H and O–H groups in total. The van der Waals surface area contributed by atoms with Gasteiger partial charge in [0, 0.05) is 5.54 Å². The number of nitrogens with one attached hydrogen (secondary N) is 1. The highest BCUT2D eigenvalue weighted by atomic mass is 16.5. The smallest absolute Gasteiger partial charge is 0.266 e. The van der Waals surface area contributed by atoms with Crippen molar-refractivity contribution in [1.82, 2.24) is 10.4 Å². The highest BCUT2D eigenvalue weighted by Gasteiger charge is 2.50.